The van der Waals surface area contributed by atoms with E-state index in [4.69, 9.17) is 35.3 Å². The van der Waals surface area contributed by atoms with Crippen LogP contribution in [-0.2, 0) is 29.8 Å². The van der Waals surface area contributed by atoms with Crippen molar-refractivity contribution in [3.8, 4) is 17.2 Å². The van der Waals surface area contributed by atoms with E-state index in [9.17, 15) is 8.42 Å². The summed E-state index contributed by atoms with van der Waals surface area (Å²) in [5, 5.41) is 7.91. The smallest absolute Gasteiger partial charge is 0.169 e. The zero-order valence-electron chi connectivity index (χ0n) is 22.4. The molecule has 1 aliphatic heterocycles. The van der Waals surface area contributed by atoms with Gasteiger partial charge in [-0.2, -0.15) is 0 Å². The summed E-state index contributed by atoms with van der Waals surface area (Å²) in [5.74, 6) is 1.14. The molecular formula is C25H32ClN5O7S. The van der Waals surface area contributed by atoms with Crippen molar-refractivity contribution >= 4 is 21.4 Å². The van der Waals surface area contributed by atoms with Gasteiger partial charge in [-0.1, -0.05) is 17.7 Å². The summed E-state index contributed by atoms with van der Waals surface area (Å²) in [6, 6.07) is 5.25. The van der Waals surface area contributed by atoms with Crippen molar-refractivity contribution in [1.29, 1.82) is 0 Å². The third-order valence-electron chi connectivity index (χ3n) is 6.12. The fourth-order valence-electron chi connectivity index (χ4n) is 4.21. The number of halogens is 1. The van der Waals surface area contributed by atoms with E-state index in [2.05, 4.69) is 20.2 Å². The summed E-state index contributed by atoms with van der Waals surface area (Å²) < 4.78 is 58.0. The summed E-state index contributed by atoms with van der Waals surface area (Å²) in [6.07, 6.45) is 1.00. The molecular weight excluding hydrogens is 550 g/mol. The number of para-hydroxylation sites is 1. The highest BCUT2D eigenvalue weighted by molar-refractivity contribution is 7.91. The van der Waals surface area contributed by atoms with Gasteiger partial charge in [-0.05, 0) is 32.9 Å². The van der Waals surface area contributed by atoms with Crippen LogP contribution < -0.4 is 9.47 Å². The molecule has 212 valence electrons. The number of hydrogen-bond donors (Lipinski definition) is 0. The molecule has 1 saturated heterocycles. The molecule has 3 aromatic rings. The number of aromatic nitrogens is 5. The number of hydrogen-bond acceptors (Lipinski definition) is 11. The van der Waals surface area contributed by atoms with Crippen LogP contribution in [0.5, 0.6) is 11.5 Å². The van der Waals surface area contributed by atoms with Gasteiger partial charge in [0.05, 0.1) is 50.4 Å². The largest absolute Gasteiger partial charge is 0.494 e. The molecule has 0 saturated carbocycles. The van der Waals surface area contributed by atoms with Crippen molar-refractivity contribution in [2.24, 2.45) is 0 Å². The average molecular weight is 582 g/mol. The quantitative estimate of drug-likeness (QED) is 0.330. The summed E-state index contributed by atoms with van der Waals surface area (Å²) in [6.45, 7) is 6.23. The minimum absolute atomic E-state index is 0.147. The molecule has 0 amide bonds. The van der Waals surface area contributed by atoms with Gasteiger partial charge in [0.2, 0.25) is 0 Å². The molecule has 14 heteroatoms. The van der Waals surface area contributed by atoms with Crippen LogP contribution in [0.1, 0.15) is 50.5 Å². The second kappa shape index (κ2) is 12.6. The molecule has 3 atom stereocenters. The zero-order valence-corrected chi connectivity index (χ0v) is 24.0. The molecule has 0 radical (unpaired) electrons. The fourth-order valence-corrected chi connectivity index (χ4v) is 5.68. The highest BCUT2D eigenvalue weighted by Gasteiger charge is 2.37. The van der Waals surface area contributed by atoms with Crippen LogP contribution in [0.15, 0.2) is 30.6 Å². The SMILES string of the molecule is COc1cccc(OC)c1-n1c(CS(=O)(=O)[C@@H](C)[C@@H](OC(C)C)c2ncc(Cl)cn2)nnc1[C@@H]1COCCO1. The Morgan fingerprint density at radius 2 is 1.74 bits per heavy atom. The summed E-state index contributed by atoms with van der Waals surface area (Å²) >= 11 is 5.95. The van der Waals surface area contributed by atoms with Crippen LogP contribution >= 0.6 is 11.6 Å². The number of ether oxygens (including phenoxy) is 5. The number of sulfone groups is 1. The van der Waals surface area contributed by atoms with Crippen LogP contribution in [0, 0.1) is 0 Å². The van der Waals surface area contributed by atoms with E-state index in [0.29, 0.717) is 41.2 Å². The molecule has 0 N–H and O–H groups in total. The van der Waals surface area contributed by atoms with Crippen LogP contribution in [0.4, 0.5) is 0 Å². The maximum absolute atomic E-state index is 13.9. The van der Waals surface area contributed by atoms with Crippen LogP contribution in [0.3, 0.4) is 0 Å². The van der Waals surface area contributed by atoms with Gasteiger partial charge in [-0.3, -0.25) is 4.57 Å². The van der Waals surface area contributed by atoms with Crippen LogP contribution in [-0.4, -0.2) is 78.5 Å². The Labute approximate surface area is 232 Å². The van der Waals surface area contributed by atoms with Gasteiger partial charge in [-0.15, -0.1) is 10.2 Å². The van der Waals surface area contributed by atoms with Gasteiger partial charge in [0, 0.05) is 12.4 Å². The van der Waals surface area contributed by atoms with E-state index < -0.39 is 33.0 Å². The summed E-state index contributed by atoms with van der Waals surface area (Å²) in [7, 11) is -0.889. The molecule has 0 aliphatic carbocycles. The first kappa shape index (κ1) is 29.2. The zero-order chi connectivity index (χ0) is 28.2. The third-order valence-corrected chi connectivity index (χ3v) is 8.36. The normalized spacial score (nSPS) is 17.7. The van der Waals surface area contributed by atoms with E-state index in [1.807, 2.05) is 13.8 Å². The predicted molar refractivity (Wildman–Crippen MR) is 142 cm³/mol. The highest BCUT2D eigenvalue weighted by Crippen LogP contribution is 2.37. The minimum Gasteiger partial charge on any atom is -0.494 e. The maximum Gasteiger partial charge on any atom is 0.169 e. The van der Waals surface area contributed by atoms with E-state index >= 15 is 0 Å². The monoisotopic (exact) mass is 581 g/mol. The van der Waals surface area contributed by atoms with Gasteiger partial charge in [0.1, 0.15) is 35.1 Å². The first-order chi connectivity index (χ1) is 18.7. The first-order valence-electron chi connectivity index (χ1n) is 12.4. The molecule has 0 bridgehead atoms. The molecule has 12 nitrogen and oxygen atoms in total. The maximum atomic E-state index is 13.9. The van der Waals surface area contributed by atoms with Crippen LogP contribution in [0.25, 0.3) is 5.69 Å². The molecule has 1 fully saturated rings. The Hall–Kier alpha value is -2.84. The van der Waals surface area contributed by atoms with Gasteiger partial charge in [-0.25, -0.2) is 18.4 Å². The lowest BCUT2D eigenvalue weighted by Gasteiger charge is -2.26. The minimum atomic E-state index is -3.92. The van der Waals surface area contributed by atoms with E-state index in [1.54, 1.807) is 29.7 Å². The Morgan fingerprint density at radius 3 is 2.31 bits per heavy atom. The number of nitrogens with zero attached hydrogens (tertiary/aromatic N) is 5. The van der Waals surface area contributed by atoms with Crippen molar-refractivity contribution in [3.63, 3.8) is 0 Å². The van der Waals surface area contributed by atoms with Crippen molar-refractivity contribution < 1.29 is 32.1 Å². The third kappa shape index (κ3) is 6.49. The highest BCUT2D eigenvalue weighted by atomic mass is 35.5. The lowest BCUT2D eigenvalue weighted by Crippen LogP contribution is -2.32. The van der Waals surface area contributed by atoms with Crippen molar-refractivity contribution in [3.05, 3.63) is 53.1 Å². The average Bonchev–Trinajstić information content (AvgIpc) is 3.33. The van der Waals surface area contributed by atoms with E-state index in [0.717, 1.165) is 0 Å². The van der Waals surface area contributed by atoms with Crippen molar-refractivity contribution in [1.82, 2.24) is 24.7 Å². The fraction of sp³-hybridized carbons (Fsp3) is 0.520. The molecule has 1 aliphatic rings. The Bertz CT molecular complexity index is 1340. The number of methoxy groups -OCH3 is 2. The topological polar surface area (TPSA) is 137 Å². The lowest BCUT2D eigenvalue weighted by molar-refractivity contribution is -0.0942. The molecule has 0 spiro atoms. The summed E-state index contributed by atoms with van der Waals surface area (Å²) in [5.41, 5.74) is 0.450. The van der Waals surface area contributed by atoms with Gasteiger partial charge < -0.3 is 23.7 Å². The molecule has 0 unspecified atom stereocenters. The van der Waals surface area contributed by atoms with Gasteiger partial charge in [0.15, 0.2) is 27.3 Å². The summed E-state index contributed by atoms with van der Waals surface area (Å²) in [4.78, 5) is 8.44. The molecule has 2 aromatic heterocycles. The standard InChI is InChI=1S/C25H32ClN5O7S/c1-15(2)38-23(24-27-11-17(26)12-28-24)16(3)39(32,33)14-21-29-30-25(20-13-36-9-10-37-20)31(21)22-18(34-4)7-6-8-19(22)35-5/h6-8,11-12,15-16,20,23H,9-10,13-14H2,1-5H3/t16-,20-,23+/m0/s1. The second-order valence-corrected chi connectivity index (χ2v) is 11.9. The predicted octanol–water partition coefficient (Wildman–Crippen LogP) is 3.29. The van der Waals surface area contributed by atoms with E-state index in [1.165, 1.54) is 26.6 Å². The molecule has 4 rings (SSSR count). The van der Waals surface area contributed by atoms with Crippen molar-refractivity contribution in [2.45, 2.75) is 50.1 Å². The van der Waals surface area contributed by atoms with Gasteiger partial charge >= 0.3 is 0 Å². The molecule has 39 heavy (non-hydrogen) atoms. The first-order valence-corrected chi connectivity index (χ1v) is 14.4. The Morgan fingerprint density at radius 1 is 1.08 bits per heavy atom. The molecule has 3 heterocycles. The van der Waals surface area contributed by atoms with Crippen LogP contribution in [0.2, 0.25) is 5.02 Å². The number of benzene rings is 1. The second-order valence-electron chi connectivity index (χ2n) is 9.13. The lowest BCUT2D eigenvalue weighted by atomic mass is 10.2. The Balaban J connectivity index is 1.79. The van der Waals surface area contributed by atoms with E-state index in [-0.39, 0.29) is 24.4 Å². The Kier molecular flexibility index (Phi) is 9.39. The molecule has 1 aromatic carbocycles. The van der Waals surface area contributed by atoms with Gasteiger partial charge in [0.25, 0.3) is 0 Å². The number of rotatable bonds is 11. The van der Waals surface area contributed by atoms with Crippen molar-refractivity contribution in [2.75, 3.05) is 34.0 Å².